The number of ether oxygens (including phenoxy) is 1. The van der Waals surface area contributed by atoms with E-state index in [2.05, 4.69) is 4.98 Å². The van der Waals surface area contributed by atoms with Crippen LogP contribution in [0.25, 0.3) is 0 Å². The standard InChI is InChI=1S/C19H18N2O3/c1-24-17(22)13-4-5-14-10-19(11-15(14)9-13)6-8-21(18(19)23)16-3-2-7-20-12-16/h2-5,7,9,12H,6,8,10-11H2,1H3/t19-/m1/s1. The van der Waals surface area contributed by atoms with Gasteiger partial charge in [0.05, 0.1) is 30.0 Å². The fraction of sp³-hybridized carbons (Fsp3) is 0.316. The smallest absolute Gasteiger partial charge is 0.337 e. The largest absolute Gasteiger partial charge is 0.465 e. The number of amides is 1. The van der Waals surface area contributed by atoms with E-state index < -0.39 is 0 Å². The van der Waals surface area contributed by atoms with Crippen molar-refractivity contribution in [3.8, 4) is 0 Å². The van der Waals surface area contributed by atoms with Crippen LogP contribution in [0.5, 0.6) is 0 Å². The molecular formula is C19H18N2O3. The second-order valence-electron chi connectivity index (χ2n) is 6.53. The van der Waals surface area contributed by atoms with E-state index in [-0.39, 0.29) is 17.3 Å². The van der Waals surface area contributed by atoms with E-state index in [0.717, 1.165) is 29.7 Å². The number of hydrogen-bond donors (Lipinski definition) is 0. The lowest BCUT2D eigenvalue weighted by molar-refractivity contribution is -0.125. The number of carbonyl (C=O) groups is 2. The molecule has 1 amide bonds. The molecule has 24 heavy (non-hydrogen) atoms. The summed E-state index contributed by atoms with van der Waals surface area (Å²) in [6.07, 6.45) is 5.68. The summed E-state index contributed by atoms with van der Waals surface area (Å²) in [6, 6.07) is 9.37. The summed E-state index contributed by atoms with van der Waals surface area (Å²) in [5.74, 6) is -0.181. The summed E-state index contributed by atoms with van der Waals surface area (Å²) >= 11 is 0. The zero-order valence-electron chi connectivity index (χ0n) is 13.5. The molecule has 5 nitrogen and oxygen atoms in total. The number of methoxy groups -OCH3 is 1. The SMILES string of the molecule is COC(=O)c1ccc2c(c1)C[C@@]1(CCN(c3cccnc3)C1=O)C2. The zero-order chi connectivity index (χ0) is 16.7. The van der Waals surface area contributed by atoms with Crippen LogP contribution in [0.3, 0.4) is 0 Å². The normalized spacial score (nSPS) is 22.0. The summed E-state index contributed by atoms with van der Waals surface area (Å²) < 4.78 is 4.79. The van der Waals surface area contributed by atoms with Crippen molar-refractivity contribution in [2.24, 2.45) is 5.41 Å². The quantitative estimate of drug-likeness (QED) is 0.797. The molecule has 1 atom stereocenters. The Morgan fingerprint density at radius 3 is 2.83 bits per heavy atom. The maximum Gasteiger partial charge on any atom is 0.337 e. The van der Waals surface area contributed by atoms with Crippen molar-refractivity contribution < 1.29 is 14.3 Å². The van der Waals surface area contributed by atoms with E-state index in [1.165, 1.54) is 7.11 Å². The summed E-state index contributed by atoms with van der Waals surface area (Å²) in [5.41, 5.74) is 3.25. The van der Waals surface area contributed by atoms with Crippen LogP contribution in [-0.2, 0) is 22.4 Å². The first kappa shape index (κ1) is 14.9. The van der Waals surface area contributed by atoms with Gasteiger partial charge in [0, 0.05) is 12.7 Å². The number of esters is 1. The number of hydrogen-bond acceptors (Lipinski definition) is 4. The van der Waals surface area contributed by atoms with Crippen LogP contribution in [0.1, 0.15) is 27.9 Å². The fourth-order valence-electron chi connectivity index (χ4n) is 3.91. The highest BCUT2D eigenvalue weighted by molar-refractivity contribution is 6.00. The monoisotopic (exact) mass is 322 g/mol. The molecule has 0 saturated carbocycles. The van der Waals surface area contributed by atoms with Gasteiger partial charge in [-0.05, 0) is 54.7 Å². The van der Waals surface area contributed by atoms with Crippen molar-refractivity contribution in [3.63, 3.8) is 0 Å². The Balaban J connectivity index is 1.62. The van der Waals surface area contributed by atoms with Crippen LogP contribution in [-0.4, -0.2) is 30.5 Å². The molecule has 4 rings (SSSR count). The minimum atomic E-state index is -0.382. The topological polar surface area (TPSA) is 59.5 Å². The van der Waals surface area contributed by atoms with E-state index in [9.17, 15) is 9.59 Å². The Morgan fingerprint density at radius 2 is 2.08 bits per heavy atom. The minimum absolute atomic E-state index is 0.159. The zero-order valence-corrected chi connectivity index (χ0v) is 13.5. The van der Waals surface area contributed by atoms with Crippen molar-refractivity contribution in [3.05, 3.63) is 59.4 Å². The van der Waals surface area contributed by atoms with Crippen molar-refractivity contribution >= 4 is 17.6 Å². The lowest BCUT2D eigenvalue weighted by Gasteiger charge is -2.22. The summed E-state index contributed by atoms with van der Waals surface area (Å²) in [7, 11) is 1.38. The van der Waals surface area contributed by atoms with Gasteiger partial charge in [-0.15, -0.1) is 0 Å². The molecule has 5 heteroatoms. The van der Waals surface area contributed by atoms with Crippen molar-refractivity contribution in [1.29, 1.82) is 0 Å². The lowest BCUT2D eigenvalue weighted by Crippen LogP contribution is -2.35. The van der Waals surface area contributed by atoms with Crippen LogP contribution in [0.4, 0.5) is 5.69 Å². The van der Waals surface area contributed by atoms with E-state index in [4.69, 9.17) is 4.74 Å². The number of nitrogens with zero attached hydrogens (tertiary/aromatic N) is 2. The van der Waals surface area contributed by atoms with Gasteiger partial charge in [0.2, 0.25) is 5.91 Å². The number of pyridine rings is 1. The number of rotatable bonds is 2. The van der Waals surface area contributed by atoms with Gasteiger partial charge < -0.3 is 9.64 Å². The number of benzene rings is 1. The first-order valence-electron chi connectivity index (χ1n) is 8.05. The highest BCUT2D eigenvalue weighted by atomic mass is 16.5. The maximum absolute atomic E-state index is 13.1. The number of carbonyl (C=O) groups excluding carboxylic acids is 2. The molecule has 122 valence electrons. The molecular weight excluding hydrogens is 304 g/mol. The van der Waals surface area contributed by atoms with Gasteiger partial charge in [-0.2, -0.15) is 0 Å². The highest BCUT2D eigenvalue weighted by Gasteiger charge is 2.50. The molecule has 1 saturated heterocycles. The molecule has 1 aliphatic heterocycles. The number of fused-ring (bicyclic) bond motifs is 1. The van der Waals surface area contributed by atoms with Gasteiger partial charge in [-0.25, -0.2) is 4.79 Å². The molecule has 2 aliphatic rings. The molecule has 1 aromatic carbocycles. The van der Waals surface area contributed by atoms with Crippen LogP contribution in [0, 0.1) is 5.41 Å². The molecule has 0 radical (unpaired) electrons. The van der Waals surface area contributed by atoms with Gasteiger partial charge in [-0.1, -0.05) is 6.07 Å². The van der Waals surface area contributed by atoms with E-state index in [1.54, 1.807) is 18.5 Å². The second-order valence-corrected chi connectivity index (χ2v) is 6.53. The Hall–Kier alpha value is -2.69. The molecule has 1 aliphatic carbocycles. The number of anilines is 1. The molecule has 2 aromatic rings. The molecule has 0 unspecified atom stereocenters. The van der Waals surface area contributed by atoms with Crippen LogP contribution < -0.4 is 4.90 Å². The van der Waals surface area contributed by atoms with Crippen LogP contribution >= 0.6 is 0 Å². The molecule has 1 fully saturated rings. The number of aromatic nitrogens is 1. The van der Waals surface area contributed by atoms with E-state index in [0.29, 0.717) is 18.5 Å². The van der Waals surface area contributed by atoms with Crippen molar-refractivity contribution in [2.45, 2.75) is 19.3 Å². The molecule has 1 spiro atoms. The fourth-order valence-corrected chi connectivity index (χ4v) is 3.91. The predicted octanol–water partition coefficient (Wildman–Crippen LogP) is 2.39. The maximum atomic E-state index is 13.1. The summed E-state index contributed by atoms with van der Waals surface area (Å²) in [4.78, 5) is 30.7. The Labute approximate surface area is 140 Å². The van der Waals surface area contributed by atoms with Crippen LogP contribution in [0.2, 0.25) is 0 Å². The predicted molar refractivity (Wildman–Crippen MR) is 88.8 cm³/mol. The third kappa shape index (κ3) is 2.19. The molecule has 0 bridgehead atoms. The summed E-state index contributed by atoms with van der Waals surface area (Å²) in [5, 5.41) is 0. The highest BCUT2D eigenvalue weighted by Crippen LogP contribution is 2.46. The third-order valence-corrected chi connectivity index (χ3v) is 5.16. The van der Waals surface area contributed by atoms with Gasteiger partial charge in [-0.3, -0.25) is 9.78 Å². The minimum Gasteiger partial charge on any atom is -0.465 e. The second kappa shape index (κ2) is 5.44. The van der Waals surface area contributed by atoms with Crippen molar-refractivity contribution in [1.82, 2.24) is 4.98 Å². The van der Waals surface area contributed by atoms with E-state index in [1.807, 2.05) is 29.2 Å². The first-order valence-corrected chi connectivity index (χ1v) is 8.05. The van der Waals surface area contributed by atoms with Gasteiger partial charge in [0.15, 0.2) is 0 Å². The average Bonchev–Trinajstić information content (AvgIpc) is 3.15. The Morgan fingerprint density at radius 1 is 1.25 bits per heavy atom. The van der Waals surface area contributed by atoms with Crippen LogP contribution in [0.15, 0.2) is 42.7 Å². The van der Waals surface area contributed by atoms with Gasteiger partial charge in [0.1, 0.15) is 0 Å². The summed E-state index contributed by atoms with van der Waals surface area (Å²) in [6.45, 7) is 0.711. The van der Waals surface area contributed by atoms with Gasteiger partial charge in [0.25, 0.3) is 0 Å². The average molecular weight is 322 g/mol. The molecule has 0 N–H and O–H groups in total. The third-order valence-electron chi connectivity index (χ3n) is 5.16. The molecule has 1 aromatic heterocycles. The van der Waals surface area contributed by atoms with E-state index >= 15 is 0 Å². The Bertz CT molecular complexity index is 819. The first-order chi connectivity index (χ1) is 11.6. The molecule has 2 heterocycles. The van der Waals surface area contributed by atoms with Gasteiger partial charge >= 0.3 is 5.97 Å². The van der Waals surface area contributed by atoms with Crippen molar-refractivity contribution in [2.75, 3.05) is 18.6 Å². The Kier molecular flexibility index (Phi) is 3.37. The lowest BCUT2D eigenvalue weighted by atomic mass is 9.83.